The second kappa shape index (κ2) is 4.11. The van der Waals surface area contributed by atoms with Crippen molar-refractivity contribution >= 4 is 39.1 Å². The molecule has 2 rings (SSSR count). The third-order valence-electron chi connectivity index (χ3n) is 1.78. The van der Waals surface area contributed by atoms with E-state index >= 15 is 0 Å². The van der Waals surface area contributed by atoms with Crippen LogP contribution < -0.4 is 0 Å². The fourth-order valence-electron chi connectivity index (χ4n) is 1.17. The van der Waals surface area contributed by atoms with Crippen molar-refractivity contribution in [3.05, 3.63) is 34.7 Å². The van der Waals surface area contributed by atoms with Gasteiger partial charge in [-0.1, -0.05) is 22.0 Å². The number of hydrogen-bond acceptors (Lipinski definition) is 2. The predicted molar refractivity (Wildman–Crippen MR) is 58.3 cm³/mol. The number of pyridine rings is 1. The summed E-state index contributed by atoms with van der Waals surface area (Å²) in [6.45, 7) is 0. The van der Waals surface area contributed by atoms with Gasteiger partial charge in [-0.15, -0.1) is 12.4 Å². The quantitative estimate of drug-likeness (QED) is 0.802. The molecule has 0 aliphatic rings. The molecule has 0 fully saturated rings. The summed E-state index contributed by atoms with van der Waals surface area (Å²) >= 11 is 3.23. The van der Waals surface area contributed by atoms with Crippen LogP contribution in [0.5, 0.6) is 5.88 Å². The normalized spacial score (nSPS) is 9.86. The van der Waals surface area contributed by atoms with Crippen LogP contribution in [0.4, 0.5) is 4.39 Å². The molecule has 5 heteroatoms. The summed E-state index contributed by atoms with van der Waals surface area (Å²) in [7, 11) is 0. The minimum atomic E-state index is -0.430. The number of halogens is 3. The highest BCUT2D eigenvalue weighted by Crippen LogP contribution is 2.27. The molecule has 0 amide bonds. The lowest BCUT2D eigenvalue weighted by Crippen LogP contribution is -1.83. The molecule has 0 bridgehead atoms. The smallest absolute Gasteiger partial charge is 0.219 e. The number of benzene rings is 1. The van der Waals surface area contributed by atoms with E-state index in [1.54, 1.807) is 18.2 Å². The maximum Gasteiger partial charge on any atom is 0.219 e. The number of hydrogen-bond donors (Lipinski definition) is 1. The minimum Gasteiger partial charge on any atom is -0.493 e. The first-order chi connectivity index (χ1) is 6.18. The Morgan fingerprint density at radius 2 is 2.00 bits per heavy atom. The Bertz CT molecular complexity index is 478. The lowest BCUT2D eigenvalue weighted by molar-refractivity contribution is 0.457. The van der Waals surface area contributed by atoms with Crippen molar-refractivity contribution in [3.8, 4) is 5.88 Å². The van der Waals surface area contributed by atoms with Gasteiger partial charge in [0.2, 0.25) is 5.88 Å². The Labute approximate surface area is 94.3 Å². The van der Waals surface area contributed by atoms with Crippen molar-refractivity contribution in [1.29, 1.82) is 0 Å². The Balaban J connectivity index is 0.000000980. The average Bonchev–Trinajstić information content (AvgIpc) is 2.12. The lowest BCUT2D eigenvalue weighted by Gasteiger charge is -2.01. The molecular formula is C9H6BrClFNO. The molecule has 0 saturated heterocycles. The number of fused-ring (bicyclic) bond motifs is 1. The first kappa shape index (κ1) is 11.2. The fraction of sp³-hybridized carbons (Fsp3) is 0. The van der Waals surface area contributed by atoms with Crippen LogP contribution in [-0.4, -0.2) is 10.1 Å². The Kier molecular flexibility index (Phi) is 3.29. The largest absolute Gasteiger partial charge is 0.493 e. The van der Waals surface area contributed by atoms with Crippen molar-refractivity contribution in [2.45, 2.75) is 0 Å². The van der Waals surface area contributed by atoms with E-state index in [0.717, 1.165) is 10.7 Å². The molecule has 1 aromatic carbocycles. The maximum absolute atomic E-state index is 13.1. The molecule has 0 unspecified atom stereocenters. The minimum absolute atomic E-state index is 0. The van der Waals surface area contributed by atoms with Gasteiger partial charge >= 0.3 is 0 Å². The summed E-state index contributed by atoms with van der Waals surface area (Å²) in [4.78, 5) is 3.51. The van der Waals surface area contributed by atoms with Gasteiger partial charge in [0.15, 0.2) is 0 Å². The maximum atomic E-state index is 13.1. The van der Waals surface area contributed by atoms with Gasteiger partial charge in [-0.2, -0.15) is 0 Å². The molecule has 0 aliphatic heterocycles. The van der Waals surface area contributed by atoms with Crippen molar-refractivity contribution in [2.24, 2.45) is 0 Å². The van der Waals surface area contributed by atoms with Gasteiger partial charge in [0.05, 0.1) is 6.20 Å². The molecule has 0 radical (unpaired) electrons. The Hall–Kier alpha value is -0.870. The van der Waals surface area contributed by atoms with Crippen molar-refractivity contribution in [1.82, 2.24) is 4.98 Å². The highest BCUT2D eigenvalue weighted by molar-refractivity contribution is 9.10. The fourth-order valence-corrected chi connectivity index (χ4v) is 1.53. The van der Waals surface area contributed by atoms with Crippen LogP contribution in [0.2, 0.25) is 0 Å². The molecule has 2 aromatic rings. The summed E-state index contributed by atoms with van der Waals surface area (Å²) in [6, 6.07) is 4.93. The topological polar surface area (TPSA) is 33.1 Å². The average molecular weight is 279 g/mol. The number of nitrogens with zero attached hydrogens (tertiary/aromatic N) is 1. The van der Waals surface area contributed by atoms with Gasteiger partial charge in [0, 0.05) is 15.2 Å². The molecule has 74 valence electrons. The lowest BCUT2D eigenvalue weighted by atomic mass is 10.2. The Morgan fingerprint density at radius 1 is 1.29 bits per heavy atom. The summed E-state index contributed by atoms with van der Waals surface area (Å²) in [6.07, 6.45) is 1.01. The molecule has 0 saturated carbocycles. The van der Waals surface area contributed by atoms with E-state index in [1.165, 1.54) is 0 Å². The van der Waals surface area contributed by atoms with Crippen LogP contribution in [0.25, 0.3) is 10.8 Å². The Morgan fingerprint density at radius 3 is 2.71 bits per heavy atom. The zero-order valence-corrected chi connectivity index (χ0v) is 9.27. The van der Waals surface area contributed by atoms with Crippen LogP contribution in [0, 0.1) is 5.82 Å². The second-order valence-corrected chi connectivity index (χ2v) is 3.54. The van der Waals surface area contributed by atoms with Crippen LogP contribution in [-0.2, 0) is 0 Å². The van der Waals surface area contributed by atoms with Gasteiger partial charge < -0.3 is 5.11 Å². The molecule has 0 spiro atoms. The van der Waals surface area contributed by atoms with Crippen LogP contribution in [0.1, 0.15) is 0 Å². The van der Waals surface area contributed by atoms with Gasteiger partial charge in [0.25, 0.3) is 0 Å². The number of aromatic nitrogens is 1. The molecule has 0 aliphatic carbocycles. The van der Waals surface area contributed by atoms with E-state index in [0.29, 0.717) is 10.8 Å². The summed E-state index contributed by atoms with van der Waals surface area (Å²) in [5.41, 5.74) is 0. The molecule has 0 atom stereocenters. The first-order valence-corrected chi connectivity index (χ1v) is 4.40. The van der Waals surface area contributed by atoms with Gasteiger partial charge in [-0.25, -0.2) is 9.37 Å². The van der Waals surface area contributed by atoms with Crippen LogP contribution in [0.15, 0.2) is 28.9 Å². The molecule has 2 nitrogen and oxygen atoms in total. The van der Waals surface area contributed by atoms with E-state index in [2.05, 4.69) is 20.9 Å². The van der Waals surface area contributed by atoms with E-state index in [1.807, 2.05) is 0 Å². The van der Waals surface area contributed by atoms with Gasteiger partial charge in [0.1, 0.15) is 5.82 Å². The molecule has 1 N–H and O–H groups in total. The summed E-state index contributed by atoms with van der Waals surface area (Å²) < 4.78 is 13.9. The van der Waals surface area contributed by atoms with E-state index in [9.17, 15) is 9.50 Å². The van der Waals surface area contributed by atoms with E-state index in [4.69, 9.17) is 0 Å². The van der Waals surface area contributed by atoms with E-state index in [-0.39, 0.29) is 18.3 Å². The monoisotopic (exact) mass is 277 g/mol. The zero-order valence-electron chi connectivity index (χ0n) is 6.87. The molecular weight excluding hydrogens is 272 g/mol. The van der Waals surface area contributed by atoms with Crippen LogP contribution >= 0.6 is 28.3 Å². The molecule has 14 heavy (non-hydrogen) atoms. The van der Waals surface area contributed by atoms with Crippen molar-refractivity contribution < 1.29 is 9.50 Å². The highest BCUT2D eigenvalue weighted by atomic mass is 79.9. The van der Waals surface area contributed by atoms with Crippen LogP contribution in [0.3, 0.4) is 0 Å². The van der Waals surface area contributed by atoms with Crippen molar-refractivity contribution in [2.75, 3.05) is 0 Å². The predicted octanol–water partition coefficient (Wildman–Crippen LogP) is 3.26. The zero-order chi connectivity index (χ0) is 9.42. The second-order valence-electron chi connectivity index (χ2n) is 2.62. The van der Waals surface area contributed by atoms with Gasteiger partial charge in [-0.05, 0) is 12.1 Å². The molecule has 1 heterocycles. The molecule has 1 aromatic heterocycles. The van der Waals surface area contributed by atoms with Gasteiger partial charge in [-0.3, -0.25) is 0 Å². The third-order valence-corrected chi connectivity index (χ3v) is 2.27. The first-order valence-electron chi connectivity index (χ1n) is 3.61. The third kappa shape index (κ3) is 1.81. The van der Waals surface area contributed by atoms with E-state index < -0.39 is 5.82 Å². The standard InChI is InChI=1S/C9H5BrFNO.ClH/c10-5-1-2-6-7(3-5)9(13)12-4-8(6)11;/h1-4H,(H,12,13);1H. The summed E-state index contributed by atoms with van der Waals surface area (Å²) in [5, 5.41) is 10.1. The summed E-state index contributed by atoms with van der Waals surface area (Å²) in [5.74, 6) is -0.585. The number of rotatable bonds is 0. The highest BCUT2D eigenvalue weighted by Gasteiger charge is 2.05. The SMILES string of the molecule is Cl.Oc1ncc(F)c2ccc(Br)cc12. The number of aromatic hydroxyl groups is 1. The van der Waals surface area contributed by atoms with Crippen molar-refractivity contribution in [3.63, 3.8) is 0 Å².